The zero-order chi connectivity index (χ0) is 20.3. The van der Waals surface area contributed by atoms with Gasteiger partial charge in [0.05, 0.1) is 0 Å². The van der Waals surface area contributed by atoms with E-state index in [1.807, 2.05) is 18.5 Å². The molecule has 1 aromatic carbocycles. The van der Waals surface area contributed by atoms with Crippen molar-refractivity contribution in [1.29, 1.82) is 0 Å². The van der Waals surface area contributed by atoms with Crippen molar-refractivity contribution in [1.82, 2.24) is 14.4 Å². The van der Waals surface area contributed by atoms with Gasteiger partial charge in [0.15, 0.2) is 0 Å². The van der Waals surface area contributed by atoms with Gasteiger partial charge in [-0.05, 0) is 68.9 Å². The number of rotatable bonds is 6. The van der Waals surface area contributed by atoms with Gasteiger partial charge < -0.3 is 19.3 Å². The molecule has 3 aliphatic rings. The van der Waals surface area contributed by atoms with Gasteiger partial charge >= 0.3 is 0 Å². The fourth-order valence-electron chi connectivity index (χ4n) is 5.10. The predicted octanol–water partition coefficient (Wildman–Crippen LogP) is 4.35. The van der Waals surface area contributed by atoms with Crippen molar-refractivity contribution in [2.24, 2.45) is 0 Å². The van der Waals surface area contributed by atoms with E-state index in [1.54, 1.807) is 0 Å². The summed E-state index contributed by atoms with van der Waals surface area (Å²) in [6.45, 7) is 4.33. The molecule has 0 bridgehead atoms. The SMILES string of the molecule is OC(c1ccn(-c2ccc(OC3CCN(C4CCC4)CC3)cc2)c1)N1CCCCC1. The maximum Gasteiger partial charge on any atom is 0.135 e. The fourth-order valence-corrected chi connectivity index (χ4v) is 5.10. The summed E-state index contributed by atoms with van der Waals surface area (Å²) in [6.07, 6.45) is 14.0. The number of piperidine rings is 2. The van der Waals surface area contributed by atoms with E-state index in [1.165, 1.54) is 51.6 Å². The highest BCUT2D eigenvalue weighted by molar-refractivity contribution is 5.39. The fraction of sp³-hybridized carbons (Fsp3) is 0.600. The minimum Gasteiger partial charge on any atom is -0.490 e. The molecule has 2 aromatic rings. The lowest BCUT2D eigenvalue weighted by molar-refractivity contribution is -0.00978. The molecule has 1 aliphatic carbocycles. The van der Waals surface area contributed by atoms with Crippen molar-refractivity contribution in [2.45, 2.75) is 69.7 Å². The Kier molecular flexibility index (Phi) is 6.12. The molecule has 30 heavy (non-hydrogen) atoms. The number of benzene rings is 1. The third kappa shape index (κ3) is 4.43. The third-order valence-corrected chi connectivity index (χ3v) is 7.26. The number of hydrogen-bond acceptors (Lipinski definition) is 4. The van der Waals surface area contributed by atoms with Crippen molar-refractivity contribution in [2.75, 3.05) is 26.2 Å². The maximum absolute atomic E-state index is 10.7. The Bertz CT molecular complexity index is 800. The molecule has 2 aliphatic heterocycles. The molecule has 0 amide bonds. The van der Waals surface area contributed by atoms with Crippen LogP contribution in [0.25, 0.3) is 5.69 Å². The zero-order valence-corrected chi connectivity index (χ0v) is 18.0. The van der Waals surface area contributed by atoms with E-state index in [2.05, 4.69) is 38.6 Å². The Balaban J connectivity index is 1.16. The summed E-state index contributed by atoms with van der Waals surface area (Å²) < 4.78 is 8.35. The lowest BCUT2D eigenvalue weighted by atomic mass is 9.90. The van der Waals surface area contributed by atoms with Crippen LogP contribution in [0.1, 0.15) is 63.2 Å². The first-order chi connectivity index (χ1) is 14.8. The molecule has 3 fully saturated rings. The molecule has 3 heterocycles. The van der Waals surface area contributed by atoms with Crippen LogP contribution in [0.2, 0.25) is 0 Å². The van der Waals surface area contributed by atoms with E-state index < -0.39 is 6.23 Å². The highest BCUT2D eigenvalue weighted by atomic mass is 16.5. The number of aliphatic hydroxyl groups is 1. The van der Waals surface area contributed by atoms with Crippen LogP contribution >= 0.6 is 0 Å². The highest BCUT2D eigenvalue weighted by Crippen LogP contribution is 2.29. The Hall–Kier alpha value is -1.82. The van der Waals surface area contributed by atoms with Crippen LogP contribution in [0.5, 0.6) is 5.75 Å². The predicted molar refractivity (Wildman–Crippen MR) is 119 cm³/mol. The number of hydrogen-bond donors (Lipinski definition) is 1. The van der Waals surface area contributed by atoms with Gasteiger partial charge in [0, 0.05) is 55.9 Å². The molecule has 162 valence electrons. The van der Waals surface area contributed by atoms with E-state index in [-0.39, 0.29) is 0 Å². The number of aliphatic hydroxyl groups excluding tert-OH is 1. The van der Waals surface area contributed by atoms with Crippen molar-refractivity contribution >= 4 is 0 Å². The average molecular weight is 410 g/mol. The van der Waals surface area contributed by atoms with Gasteiger partial charge in [-0.3, -0.25) is 4.90 Å². The Morgan fingerprint density at radius 1 is 0.833 bits per heavy atom. The molecular formula is C25H35N3O2. The molecule has 5 nitrogen and oxygen atoms in total. The second-order valence-electron chi connectivity index (χ2n) is 9.25. The summed E-state index contributed by atoms with van der Waals surface area (Å²) in [6, 6.07) is 11.2. The average Bonchev–Trinajstić information content (AvgIpc) is 3.25. The van der Waals surface area contributed by atoms with Gasteiger partial charge in [-0.15, -0.1) is 0 Å². The molecule has 0 spiro atoms. The normalized spacial score (nSPS) is 23.2. The maximum atomic E-state index is 10.7. The van der Waals surface area contributed by atoms with Crippen molar-refractivity contribution < 1.29 is 9.84 Å². The summed E-state index contributed by atoms with van der Waals surface area (Å²) in [5.74, 6) is 0.960. The van der Waals surface area contributed by atoms with E-state index in [0.717, 1.165) is 49.0 Å². The summed E-state index contributed by atoms with van der Waals surface area (Å²) in [7, 11) is 0. The number of nitrogens with zero attached hydrogens (tertiary/aromatic N) is 3. The van der Waals surface area contributed by atoms with E-state index >= 15 is 0 Å². The van der Waals surface area contributed by atoms with Crippen LogP contribution in [-0.4, -0.2) is 57.8 Å². The van der Waals surface area contributed by atoms with Crippen LogP contribution < -0.4 is 4.74 Å². The first-order valence-electron chi connectivity index (χ1n) is 11.9. The summed E-state index contributed by atoms with van der Waals surface area (Å²) >= 11 is 0. The molecule has 1 unspecified atom stereocenters. The van der Waals surface area contributed by atoms with Gasteiger partial charge in [-0.25, -0.2) is 0 Å². The summed E-state index contributed by atoms with van der Waals surface area (Å²) in [5, 5.41) is 10.7. The third-order valence-electron chi connectivity index (χ3n) is 7.26. The molecule has 1 atom stereocenters. The smallest absolute Gasteiger partial charge is 0.135 e. The van der Waals surface area contributed by atoms with Gasteiger partial charge in [-0.1, -0.05) is 12.8 Å². The zero-order valence-electron chi connectivity index (χ0n) is 18.0. The van der Waals surface area contributed by atoms with E-state index in [0.29, 0.717) is 6.10 Å². The number of aromatic nitrogens is 1. The van der Waals surface area contributed by atoms with E-state index in [9.17, 15) is 5.11 Å². The Labute approximate surface area is 180 Å². The van der Waals surface area contributed by atoms with Crippen LogP contribution in [-0.2, 0) is 0 Å². The first kappa shape index (κ1) is 20.1. The summed E-state index contributed by atoms with van der Waals surface area (Å²) in [4.78, 5) is 4.84. The van der Waals surface area contributed by atoms with Crippen LogP contribution in [0.4, 0.5) is 0 Å². The van der Waals surface area contributed by atoms with Gasteiger partial charge in [0.1, 0.15) is 18.1 Å². The molecular weight excluding hydrogens is 374 g/mol. The van der Waals surface area contributed by atoms with Crippen molar-refractivity contribution in [3.8, 4) is 11.4 Å². The Morgan fingerprint density at radius 2 is 1.57 bits per heavy atom. The van der Waals surface area contributed by atoms with E-state index in [4.69, 9.17) is 4.74 Å². The quantitative estimate of drug-likeness (QED) is 0.770. The second kappa shape index (κ2) is 9.13. The topological polar surface area (TPSA) is 40.9 Å². The first-order valence-corrected chi connectivity index (χ1v) is 11.9. The molecule has 0 radical (unpaired) electrons. The standard InChI is InChI=1S/C25H35N3O2/c29-25(27-14-2-1-3-15-27)20-11-16-28(19-20)22-7-9-23(10-8-22)30-24-12-17-26(18-13-24)21-5-4-6-21/h7-11,16,19,21,24-25,29H,1-6,12-15,17-18H2. The second-order valence-corrected chi connectivity index (χ2v) is 9.25. The van der Waals surface area contributed by atoms with Gasteiger partial charge in [0.2, 0.25) is 0 Å². The minimum absolute atomic E-state index is 0.338. The molecule has 2 saturated heterocycles. The summed E-state index contributed by atoms with van der Waals surface area (Å²) in [5.41, 5.74) is 2.06. The van der Waals surface area contributed by atoms with Crippen molar-refractivity contribution in [3.63, 3.8) is 0 Å². The number of likely N-dealkylation sites (tertiary alicyclic amines) is 2. The lowest BCUT2D eigenvalue weighted by Crippen LogP contribution is -2.46. The van der Waals surface area contributed by atoms with Crippen molar-refractivity contribution in [3.05, 3.63) is 48.3 Å². The molecule has 1 saturated carbocycles. The molecule has 5 rings (SSSR count). The van der Waals surface area contributed by atoms with Gasteiger partial charge in [-0.2, -0.15) is 0 Å². The minimum atomic E-state index is -0.500. The molecule has 1 aromatic heterocycles. The van der Waals surface area contributed by atoms with Crippen LogP contribution in [0, 0.1) is 0 Å². The lowest BCUT2D eigenvalue weighted by Gasteiger charge is -2.41. The highest BCUT2D eigenvalue weighted by Gasteiger charge is 2.29. The molecule has 5 heteroatoms. The monoisotopic (exact) mass is 409 g/mol. The van der Waals surface area contributed by atoms with Crippen LogP contribution in [0.15, 0.2) is 42.7 Å². The Morgan fingerprint density at radius 3 is 2.23 bits per heavy atom. The van der Waals surface area contributed by atoms with Crippen LogP contribution in [0.3, 0.4) is 0 Å². The number of ether oxygens (including phenoxy) is 1. The van der Waals surface area contributed by atoms with Gasteiger partial charge in [0.25, 0.3) is 0 Å². The largest absolute Gasteiger partial charge is 0.490 e. The molecule has 1 N–H and O–H groups in total.